The molecular weight excluding hydrogens is 1920 g/mol. The van der Waals surface area contributed by atoms with E-state index in [4.69, 9.17) is 50.3 Å². The minimum Gasteiger partial charge on any atom is -0.391 e. The quantitative estimate of drug-likeness (QED) is 0.0160. The average molecular weight is 2050 g/mol. The van der Waals surface area contributed by atoms with Crippen LogP contribution >= 0.6 is 64.8 Å². The maximum atomic E-state index is 15.7. The third-order valence-corrected chi connectivity index (χ3v) is 29.0. The minimum atomic E-state index is -1.92. The standard InChI is InChI=1S/C82H137N31O19S6/c1-8-42(6)61-77(131)110-57-39-138-134-35-53(108-69(123)51(31-44-18-10-9-11-19-44)98-58(115)32-96-64(118)46(22-15-27-93-80(86)87)103-78(132)62(43(7)114)113-75(57)129)71(125)102-49(24-17-29-95-82(90)91)67(121)105-54-36-135-137-38-56(74(128)112-61)106-66(120)47(20-12-13-25-83)100-72(126)55-37-136-133-34-52(107-68(122)50(30-40(2)3)104-73(54)127)70(124)101-48(23-16-28-94-81(88)89)65(119)99-45(21-14-26-92-79(84)85)63(117)97-33-59(116)111-60(41(4)5)76(130)109-55/h9-11,18-19,40-43,45-57,60-62,114H,8,12-17,20-39,83H2,1-7H3,(H,96,118)(H,97,117)(H,98,115)(H,99,119)(H,100,126)(H,101,124)(H,102,125)(H,103,132)(H,104,127)(H,105,121)(H,106,120)(H,107,122)(H,108,123)(H,109,130)(H,110,131)(H,111,116)(H,112,128)(H,113,129)(H4,84,85,92)(H4,86,87,93)(H4,88,89,94)(H4,90,91,95)/t42-,43+,45-,46-,47-,48-,49-,50-,51-,52-,53-,54-,55-,56-,57-,60-,61-,62-/m0/s1. The second-order valence-electron chi connectivity index (χ2n) is 33.9. The molecule has 138 heavy (non-hydrogen) atoms. The second kappa shape index (κ2) is 62.0. The maximum Gasteiger partial charge on any atom is 0.245 e. The molecule has 18 amide bonds. The molecule has 0 aliphatic carbocycles. The summed E-state index contributed by atoms with van der Waals surface area (Å²) in [7, 11) is 4.96. The molecular formula is C82H137N31O19S6. The van der Waals surface area contributed by atoms with Gasteiger partial charge in [0.25, 0.3) is 0 Å². The Morgan fingerprint density at radius 1 is 0.348 bits per heavy atom. The van der Waals surface area contributed by atoms with Gasteiger partial charge in [0.05, 0.1) is 19.2 Å². The van der Waals surface area contributed by atoms with Gasteiger partial charge in [-0.3, -0.25) is 108 Å². The Hall–Kier alpha value is -11.2. The average Bonchev–Trinajstić information content (AvgIpc) is 0.856. The first-order valence-electron chi connectivity index (χ1n) is 45.4. The zero-order valence-electron chi connectivity index (χ0n) is 78.2. The van der Waals surface area contributed by atoms with Crippen molar-refractivity contribution < 1.29 is 91.4 Å². The maximum absolute atomic E-state index is 15.7. The fourth-order valence-electron chi connectivity index (χ4n) is 13.9. The van der Waals surface area contributed by atoms with E-state index in [1.165, 1.54) is 0 Å². The summed E-state index contributed by atoms with van der Waals surface area (Å²) < 4.78 is 0. The molecule has 0 aromatic heterocycles. The number of hydrogen-bond acceptors (Lipinski definition) is 30. The number of nitrogens with one attached hydrogen (secondary N) is 26. The first-order chi connectivity index (χ1) is 65.5. The van der Waals surface area contributed by atoms with E-state index in [1.54, 1.807) is 71.9 Å². The lowest BCUT2D eigenvalue weighted by Gasteiger charge is -2.30. The smallest absolute Gasteiger partial charge is 0.245 e. The van der Waals surface area contributed by atoms with Crippen LogP contribution in [0.15, 0.2) is 30.3 Å². The van der Waals surface area contributed by atoms with Crippen LogP contribution in [-0.4, -0.2) is 318 Å². The minimum absolute atomic E-state index is 0.00787. The number of nitrogens with two attached hydrogens (primary N) is 5. The fraction of sp³-hybridized carbons (Fsp3) is 0.659. The van der Waals surface area contributed by atoms with Crippen molar-refractivity contribution in [3.05, 3.63) is 35.9 Å². The van der Waals surface area contributed by atoms with Gasteiger partial charge in [0, 0.05) is 67.1 Å². The van der Waals surface area contributed by atoms with Crippen molar-refractivity contribution in [1.82, 2.24) is 117 Å². The number of carbonyl (C=O) groups excluding carboxylic acids is 18. The molecule has 1 aromatic rings. The van der Waals surface area contributed by atoms with Crippen molar-refractivity contribution >= 4 is 195 Å². The number of benzene rings is 1. The fourth-order valence-corrected chi connectivity index (χ4v) is 20.9. The van der Waals surface area contributed by atoms with Crippen LogP contribution in [0.4, 0.5) is 0 Å². The first-order valence-corrected chi connectivity index (χ1v) is 52.8. The molecule has 4 saturated heterocycles. The zero-order chi connectivity index (χ0) is 102. The molecule has 0 unspecified atom stereocenters. The molecule has 0 radical (unpaired) electrons. The van der Waals surface area contributed by atoms with Crippen molar-refractivity contribution in [2.24, 2.45) is 46.4 Å². The van der Waals surface area contributed by atoms with Crippen LogP contribution in [0.1, 0.15) is 138 Å². The third-order valence-electron chi connectivity index (χ3n) is 21.8. The second-order valence-corrected chi connectivity index (χ2v) is 41.6. The Morgan fingerprint density at radius 2 is 0.638 bits per heavy atom. The Bertz CT molecular complexity index is 4370. The molecule has 0 spiro atoms. The highest BCUT2D eigenvalue weighted by molar-refractivity contribution is 8.77. The largest absolute Gasteiger partial charge is 0.391 e. The molecule has 6 bridgehead atoms. The Morgan fingerprint density at radius 3 is 0.986 bits per heavy atom. The van der Waals surface area contributed by atoms with E-state index in [0.29, 0.717) is 5.56 Å². The topological polar surface area (TPSA) is 818 Å². The number of rotatable bonds is 28. The molecule has 4 aliphatic rings. The number of fused-ring (bicyclic) bond motifs is 15. The number of aliphatic hydroxyl groups is 1. The normalized spacial score (nSPS) is 26.3. The van der Waals surface area contributed by atoms with Gasteiger partial charge in [0.15, 0.2) is 23.8 Å². The summed E-state index contributed by atoms with van der Waals surface area (Å²) in [5.41, 5.74) is 28.9. The summed E-state index contributed by atoms with van der Waals surface area (Å²) in [5.74, 6) is -25.3. The number of unbranched alkanes of at least 4 members (excludes halogenated alkanes) is 1. The summed E-state index contributed by atoms with van der Waals surface area (Å²) >= 11 is 0. The van der Waals surface area contributed by atoms with Gasteiger partial charge in [-0.2, -0.15) is 0 Å². The highest BCUT2D eigenvalue weighted by Crippen LogP contribution is 2.28. The zero-order valence-corrected chi connectivity index (χ0v) is 83.1. The number of aliphatic hydroxyl groups excluding tert-OH is 1. The lowest BCUT2D eigenvalue weighted by molar-refractivity contribution is -0.137. The van der Waals surface area contributed by atoms with Crippen LogP contribution < -0.4 is 146 Å². The van der Waals surface area contributed by atoms with Gasteiger partial charge in [-0.25, -0.2) is 0 Å². The van der Waals surface area contributed by atoms with Crippen molar-refractivity contribution in [1.29, 1.82) is 21.6 Å². The van der Waals surface area contributed by atoms with Crippen LogP contribution in [0.25, 0.3) is 0 Å². The Kier molecular flexibility index (Phi) is 52.7. The number of carbonyl (C=O) groups is 18. The van der Waals surface area contributed by atoms with E-state index >= 15 is 52.7 Å². The summed E-state index contributed by atoms with van der Waals surface area (Å²) in [6, 6.07) is -18.4. The molecule has 18 atom stereocenters. The number of amides is 18. The van der Waals surface area contributed by atoms with Gasteiger partial charge in [-0.1, -0.05) is 143 Å². The third kappa shape index (κ3) is 43.0. The monoisotopic (exact) mass is 2050 g/mol. The highest BCUT2D eigenvalue weighted by Gasteiger charge is 2.42. The van der Waals surface area contributed by atoms with Crippen molar-refractivity contribution in [3.8, 4) is 0 Å². The molecule has 770 valence electrons. The number of hydrogen-bond donors (Lipinski definition) is 32. The Labute approximate surface area is 823 Å². The molecule has 50 nitrogen and oxygen atoms in total. The van der Waals surface area contributed by atoms with Gasteiger partial charge in [0.1, 0.15) is 96.7 Å². The van der Waals surface area contributed by atoms with Crippen LogP contribution in [0.3, 0.4) is 0 Å². The predicted octanol–water partition coefficient (Wildman–Crippen LogP) is -8.27. The predicted molar refractivity (Wildman–Crippen MR) is 527 cm³/mol. The van der Waals surface area contributed by atoms with Gasteiger partial charge < -0.3 is 151 Å². The molecule has 1 aromatic carbocycles. The van der Waals surface area contributed by atoms with E-state index in [1.807, 2.05) is 0 Å². The van der Waals surface area contributed by atoms with Crippen LogP contribution in [0.5, 0.6) is 0 Å². The summed E-state index contributed by atoms with van der Waals surface area (Å²) in [5, 5.41) is 100. The van der Waals surface area contributed by atoms with E-state index in [9.17, 15) is 38.7 Å². The van der Waals surface area contributed by atoms with Gasteiger partial charge in [0.2, 0.25) is 106 Å². The van der Waals surface area contributed by atoms with E-state index in [2.05, 4.69) is 117 Å². The molecule has 56 heteroatoms. The molecule has 37 N–H and O–H groups in total. The molecule has 0 saturated carbocycles. The Balaban J connectivity index is 1.85. The SMILES string of the molecule is CC[C@H](C)[C@@H]1NC(=O)[C@@H]2CSSC[C@H](NC(=O)[C@H](CCCNC(=N)N)NC(=O)[C@@H]3CSSC[C@H](NC1=O)C(=O)N[C@@H]([C@@H](C)O)C(=O)N[C@@H](CCCNC(=N)N)C(=O)NCC(=O)N[C@@H](Cc1ccccc1)C(=O)N3)C(=O)N[C@@H](CC(C)C)C(=O)N[C@H]1CSSC[C@H](NC(=O)[C@H](C(C)C)NC(=O)CNC(=O)[C@H](CCCNC(=N)N)NC(=O)[C@H](CCCNC(=N)N)NC1=O)C(=O)N[C@@H](CCCCN)C(=O)N2. The van der Waals surface area contributed by atoms with E-state index < -0.39 is 298 Å². The number of guanidine groups is 4. The van der Waals surface area contributed by atoms with Crippen molar-refractivity contribution in [3.63, 3.8) is 0 Å². The summed E-state index contributed by atoms with van der Waals surface area (Å²) in [6.45, 7) is 9.20. The van der Waals surface area contributed by atoms with Gasteiger partial charge >= 0.3 is 0 Å². The summed E-state index contributed by atoms with van der Waals surface area (Å²) in [4.78, 5) is 271. The molecule has 4 heterocycles. The van der Waals surface area contributed by atoms with Crippen molar-refractivity contribution in [2.45, 2.75) is 241 Å². The van der Waals surface area contributed by atoms with Gasteiger partial charge in [-0.15, -0.1) is 0 Å². The lowest BCUT2D eigenvalue weighted by atomic mass is 9.97. The van der Waals surface area contributed by atoms with Crippen LogP contribution in [0.2, 0.25) is 0 Å². The first kappa shape index (κ1) is 117. The summed E-state index contributed by atoms with van der Waals surface area (Å²) in [6.07, 6.45) is -2.82. The van der Waals surface area contributed by atoms with Crippen molar-refractivity contribution in [2.75, 3.05) is 80.3 Å². The molecule has 4 fully saturated rings. The van der Waals surface area contributed by atoms with Crippen LogP contribution in [-0.2, 0) is 92.7 Å². The molecule has 5 rings (SSSR count). The van der Waals surface area contributed by atoms with E-state index in [0.717, 1.165) is 71.7 Å². The van der Waals surface area contributed by atoms with Gasteiger partial charge in [-0.05, 0) is 114 Å². The lowest BCUT2D eigenvalue weighted by Crippen LogP contribution is -2.63. The van der Waals surface area contributed by atoms with Crippen LogP contribution in [0, 0.1) is 39.4 Å². The van der Waals surface area contributed by atoms with E-state index in [-0.39, 0.29) is 123 Å². The molecule has 4 aliphatic heterocycles. The highest BCUT2D eigenvalue weighted by atomic mass is 33.1.